The second-order valence-corrected chi connectivity index (χ2v) is 7.37. The average Bonchev–Trinajstić information content (AvgIpc) is 2.69. The van der Waals surface area contributed by atoms with E-state index in [0.29, 0.717) is 18.5 Å². The zero-order valence-electron chi connectivity index (χ0n) is 17.4. The van der Waals surface area contributed by atoms with Crippen LogP contribution in [0.25, 0.3) is 0 Å². The third-order valence-electron chi connectivity index (χ3n) is 5.18. The number of ether oxygens (including phenoxy) is 3. The molecule has 158 valence electrons. The van der Waals surface area contributed by atoms with Gasteiger partial charge < -0.3 is 19.5 Å². The van der Waals surface area contributed by atoms with Crippen molar-refractivity contribution in [3.8, 4) is 0 Å². The molecular weight excluding hydrogens is 374 g/mol. The van der Waals surface area contributed by atoms with Gasteiger partial charge in [0.25, 0.3) is 0 Å². The average molecular weight is 403 g/mol. The quantitative estimate of drug-likeness (QED) is 0.311. The first-order chi connectivity index (χ1) is 13.7. The third kappa shape index (κ3) is 5.31. The molecule has 1 heterocycles. The first-order valence-electron chi connectivity index (χ1n) is 9.61. The first-order valence-corrected chi connectivity index (χ1v) is 9.61. The molecule has 1 N–H and O–H groups in total. The Morgan fingerprint density at radius 2 is 1.90 bits per heavy atom. The summed E-state index contributed by atoms with van der Waals surface area (Å²) >= 11 is 0. The van der Waals surface area contributed by atoms with Crippen LogP contribution in [0.2, 0.25) is 0 Å². The van der Waals surface area contributed by atoms with Crippen LogP contribution in [-0.4, -0.2) is 50.2 Å². The molecule has 3 atom stereocenters. The molecule has 0 aliphatic carbocycles. The Balaban J connectivity index is 2.14. The molecule has 1 fully saturated rings. The summed E-state index contributed by atoms with van der Waals surface area (Å²) in [5.74, 6) is -1.10. The maximum absolute atomic E-state index is 12.9. The fourth-order valence-electron chi connectivity index (χ4n) is 3.33. The maximum Gasteiger partial charge on any atom is 0.322 e. The van der Waals surface area contributed by atoms with Crippen LogP contribution in [0.1, 0.15) is 32.8 Å². The Hall–Kier alpha value is -2.51. The second kappa shape index (κ2) is 9.80. The predicted octanol–water partition coefficient (Wildman–Crippen LogP) is 2.69. The van der Waals surface area contributed by atoms with E-state index in [9.17, 15) is 14.4 Å². The normalized spacial score (nSPS) is 24.3. The van der Waals surface area contributed by atoms with E-state index in [-0.39, 0.29) is 30.5 Å². The van der Waals surface area contributed by atoms with E-state index in [1.165, 1.54) is 14.0 Å². The van der Waals surface area contributed by atoms with Crippen LogP contribution >= 0.6 is 0 Å². The molecule has 0 saturated carbocycles. The Labute approximate surface area is 171 Å². The minimum Gasteiger partial charge on any atom is -0.462 e. The van der Waals surface area contributed by atoms with Crippen LogP contribution < -0.4 is 5.32 Å². The Kier molecular flexibility index (Phi) is 7.70. The largest absolute Gasteiger partial charge is 0.462 e. The Bertz CT molecular complexity index is 772. The molecule has 0 radical (unpaired) electrons. The number of nitrogens with one attached hydrogen (secondary N) is 1. The number of amides is 1. The van der Waals surface area contributed by atoms with E-state index >= 15 is 0 Å². The summed E-state index contributed by atoms with van der Waals surface area (Å²) in [4.78, 5) is 36.8. The SMILES string of the molecule is C=C1C(=O)C(C)(C(=O)OCCOC)C(CCc2ccc(NC(C)=O)cc2)OC1C. The van der Waals surface area contributed by atoms with Crippen molar-refractivity contribution >= 4 is 23.3 Å². The maximum atomic E-state index is 12.9. The van der Waals surface area contributed by atoms with Gasteiger partial charge in [-0.15, -0.1) is 0 Å². The molecule has 0 aromatic heterocycles. The molecule has 0 bridgehead atoms. The lowest BCUT2D eigenvalue weighted by molar-refractivity contribution is -0.178. The summed E-state index contributed by atoms with van der Waals surface area (Å²) in [5.41, 5.74) is 0.532. The molecule has 1 aromatic carbocycles. The van der Waals surface area contributed by atoms with Gasteiger partial charge >= 0.3 is 5.97 Å². The summed E-state index contributed by atoms with van der Waals surface area (Å²) in [7, 11) is 1.51. The third-order valence-corrected chi connectivity index (χ3v) is 5.18. The fraction of sp³-hybridized carbons (Fsp3) is 0.500. The van der Waals surface area contributed by atoms with Crippen LogP contribution in [0.15, 0.2) is 36.4 Å². The molecule has 2 rings (SSSR count). The van der Waals surface area contributed by atoms with E-state index in [4.69, 9.17) is 14.2 Å². The van der Waals surface area contributed by atoms with Crippen molar-refractivity contribution in [3.05, 3.63) is 42.0 Å². The van der Waals surface area contributed by atoms with Gasteiger partial charge in [-0.2, -0.15) is 0 Å². The van der Waals surface area contributed by atoms with Crippen molar-refractivity contribution in [3.63, 3.8) is 0 Å². The minimum atomic E-state index is -1.45. The molecule has 1 amide bonds. The number of rotatable bonds is 8. The fourth-order valence-corrected chi connectivity index (χ4v) is 3.33. The summed E-state index contributed by atoms with van der Waals surface area (Å²) in [6.07, 6.45) is -0.0491. The number of carbonyl (C=O) groups is 3. The number of aryl methyl sites for hydroxylation is 1. The molecule has 1 aliphatic heterocycles. The van der Waals surface area contributed by atoms with Crippen molar-refractivity contribution in [2.24, 2.45) is 5.41 Å². The second-order valence-electron chi connectivity index (χ2n) is 7.37. The molecule has 7 nitrogen and oxygen atoms in total. The highest BCUT2D eigenvalue weighted by molar-refractivity contribution is 6.13. The number of Topliss-reactive ketones (excluding diaryl/α,β-unsaturated/α-hetero) is 1. The van der Waals surface area contributed by atoms with E-state index < -0.39 is 23.6 Å². The number of benzene rings is 1. The highest BCUT2D eigenvalue weighted by Crippen LogP contribution is 2.39. The summed E-state index contributed by atoms with van der Waals surface area (Å²) in [5, 5.41) is 2.72. The van der Waals surface area contributed by atoms with Gasteiger partial charge in [-0.05, 0) is 44.4 Å². The van der Waals surface area contributed by atoms with Crippen molar-refractivity contribution in [1.29, 1.82) is 0 Å². The van der Waals surface area contributed by atoms with Crippen LogP contribution in [-0.2, 0) is 35.0 Å². The van der Waals surface area contributed by atoms with Gasteiger partial charge in [0.1, 0.15) is 6.61 Å². The van der Waals surface area contributed by atoms with Gasteiger partial charge in [0.2, 0.25) is 5.91 Å². The number of carbonyl (C=O) groups excluding carboxylic acids is 3. The summed E-state index contributed by atoms with van der Waals surface area (Å²) in [6, 6.07) is 7.41. The topological polar surface area (TPSA) is 90.9 Å². The van der Waals surface area contributed by atoms with E-state index in [0.717, 1.165) is 5.56 Å². The number of esters is 1. The Morgan fingerprint density at radius 3 is 2.48 bits per heavy atom. The Morgan fingerprint density at radius 1 is 1.24 bits per heavy atom. The van der Waals surface area contributed by atoms with Crippen molar-refractivity contribution in [1.82, 2.24) is 0 Å². The molecule has 0 spiro atoms. The number of methoxy groups -OCH3 is 1. The van der Waals surface area contributed by atoms with E-state index in [1.54, 1.807) is 13.8 Å². The summed E-state index contributed by atoms with van der Waals surface area (Å²) in [6.45, 7) is 8.88. The van der Waals surface area contributed by atoms with Gasteiger partial charge in [0, 0.05) is 25.3 Å². The zero-order chi connectivity index (χ0) is 21.6. The van der Waals surface area contributed by atoms with E-state index in [1.807, 2.05) is 24.3 Å². The first kappa shape index (κ1) is 22.8. The van der Waals surface area contributed by atoms with Gasteiger partial charge in [-0.25, -0.2) is 0 Å². The smallest absolute Gasteiger partial charge is 0.322 e. The van der Waals surface area contributed by atoms with Crippen molar-refractivity contribution in [2.75, 3.05) is 25.6 Å². The summed E-state index contributed by atoms with van der Waals surface area (Å²) < 4.78 is 16.2. The highest BCUT2D eigenvalue weighted by Gasteiger charge is 2.54. The van der Waals surface area contributed by atoms with Crippen LogP contribution in [0.4, 0.5) is 5.69 Å². The van der Waals surface area contributed by atoms with Crippen LogP contribution in [0.5, 0.6) is 0 Å². The minimum absolute atomic E-state index is 0.0670. The van der Waals surface area contributed by atoms with Crippen molar-refractivity contribution in [2.45, 2.75) is 45.8 Å². The molecule has 7 heteroatoms. The number of hydrogen-bond donors (Lipinski definition) is 1. The number of ketones is 1. The lowest BCUT2D eigenvalue weighted by atomic mass is 9.72. The molecule has 1 saturated heterocycles. The number of hydrogen-bond acceptors (Lipinski definition) is 6. The van der Waals surface area contributed by atoms with E-state index in [2.05, 4.69) is 11.9 Å². The highest BCUT2D eigenvalue weighted by atomic mass is 16.6. The van der Waals surface area contributed by atoms with Crippen molar-refractivity contribution < 1.29 is 28.6 Å². The lowest BCUT2D eigenvalue weighted by Gasteiger charge is -2.41. The molecule has 1 aromatic rings. The molecule has 29 heavy (non-hydrogen) atoms. The van der Waals surface area contributed by atoms with Gasteiger partial charge in [-0.3, -0.25) is 14.4 Å². The van der Waals surface area contributed by atoms with Crippen LogP contribution in [0.3, 0.4) is 0 Å². The predicted molar refractivity (Wildman–Crippen MR) is 108 cm³/mol. The van der Waals surface area contributed by atoms with Crippen LogP contribution in [0, 0.1) is 5.41 Å². The van der Waals surface area contributed by atoms with Gasteiger partial charge in [0.15, 0.2) is 11.2 Å². The molecular formula is C22H29NO6. The standard InChI is InChI=1S/C22H29NO6/c1-14-15(2)29-19(22(4,20(14)25)21(26)28-13-12-27-5)11-8-17-6-9-18(10-7-17)23-16(3)24/h6-7,9-10,15,19H,1,8,11-13H2,2-5H3,(H,23,24). The lowest BCUT2D eigenvalue weighted by Crippen LogP contribution is -2.55. The molecule has 3 unspecified atom stereocenters. The monoisotopic (exact) mass is 403 g/mol. The zero-order valence-corrected chi connectivity index (χ0v) is 17.4. The molecule has 1 aliphatic rings. The van der Waals surface area contributed by atoms with Gasteiger partial charge in [-0.1, -0.05) is 18.7 Å². The van der Waals surface area contributed by atoms with Gasteiger partial charge in [0.05, 0.1) is 18.8 Å². The number of anilines is 1.